The number of fused-ring (bicyclic) bond motifs is 1. The normalized spacial score (nSPS) is 17.1. The number of hydrogen-bond acceptors (Lipinski definition) is 2. The summed E-state index contributed by atoms with van der Waals surface area (Å²) in [5, 5.41) is 3.25. The molecule has 19 heavy (non-hydrogen) atoms. The molecule has 0 spiro atoms. The third kappa shape index (κ3) is 2.58. The number of benzene rings is 2. The number of hydrogen-bond donors (Lipinski definition) is 1. The Labute approximate surface area is 110 Å². The largest absolute Gasteiger partial charge is 0.491 e. The van der Waals surface area contributed by atoms with E-state index in [4.69, 9.17) is 4.74 Å². The summed E-state index contributed by atoms with van der Waals surface area (Å²) in [5.41, 5.74) is 1.67. The summed E-state index contributed by atoms with van der Waals surface area (Å²) in [6, 6.07) is 11.4. The molecule has 0 amide bonds. The lowest BCUT2D eigenvalue weighted by Crippen LogP contribution is -2.22. The first-order valence-corrected chi connectivity index (χ1v) is 6.12. The van der Waals surface area contributed by atoms with E-state index in [-0.39, 0.29) is 6.04 Å². The lowest BCUT2D eigenvalue weighted by Gasteiger charge is -2.11. The maximum Gasteiger partial charge on any atom is 0.126 e. The average Bonchev–Trinajstić information content (AvgIpc) is 2.78. The quantitative estimate of drug-likeness (QED) is 0.916. The summed E-state index contributed by atoms with van der Waals surface area (Å²) in [5.74, 6) is -0.245. The van der Waals surface area contributed by atoms with Crippen LogP contribution in [0.3, 0.4) is 0 Å². The van der Waals surface area contributed by atoms with Crippen molar-refractivity contribution >= 4 is 0 Å². The molecule has 0 radical (unpaired) electrons. The van der Waals surface area contributed by atoms with Gasteiger partial charge in [0, 0.05) is 18.2 Å². The predicted octanol–water partition coefficient (Wildman–Crippen LogP) is 3.19. The molecule has 4 heteroatoms. The molecule has 1 heterocycles. The first-order chi connectivity index (χ1) is 9.22. The highest BCUT2D eigenvalue weighted by atomic mass is 19.1. The van der Waals surface area contributed by atoms with Crippen LogP contribution in [0.25, 0.3) is 0 Å². The van der Waals surface area contributed by atoms with Gasteiger partial charge in [0.2, 0.25) is 0 Å². The molecule has 0 fully saturated rings. The van der Waals surface area contributed by atoms with Crippen LogP contribution in [0.5, 0.6) is 5.75 Å². The number of para-hydroxylation sites is 1. The van der Waals surface area contributed by atoms with Gasteiger partial charge in [-0.1, -0.05) is 18.2 Å². The number of nitrogens with one attached hydrogen (secondary N) is 1. The number of rotatable bonds is 3. The monoisotopic (exact) mass is 261 g/mol. The molecule has 0 saturated carbocycles. The first-order valence-electron chi connectivity index (χ1n) is 6.12. The molecule has 1 unspecified atom stereocenters. The lowest BCUT2D eigenvalue weighted by molar-refractivity contribution is 0.310. The van der Waals surface area contributed by atoms with Gasteiger partial charge in [0.1, 0.15) is 24.0 Å². The Balaban J connectivity index is 1.70. The van der Waals surface area contributed by atoms with E-state index in [1.54, 1.807) is 0 Å². The summed E-state index contributed by atoms with van der Waals surface area (Å²) in [7, 11) is 0. The van der Waals surface area contributed by atoms with Crippen molar-refractivity contribution in [3.05, 3.63) is 65.2 Å². The SMILES string of the molecule is Fc1cc(F)cc(CNC2COc3ccccc32)c1. The van der Waals surface area contributed by atoms with Crippen LogP contribution in [0.2, 0.25) is 0 Å². The molecule has 1 N–H and O–H groups in total. The first kappa shape index (κ1) is 12.1. The molecule has 0 aromatic heterocycles. The minimum atomic E-state index is -0.556. The minimum Gasteiger partial charge on any atom is -0.491 e. The Hall–Kier alpha value is -1.94. The van der Waals surface area contributed by atoms with Crippen molar-refractivity contribution < 1.29 is 13.5 Å². The van der Waals surface area contributed by atoms with Gasteiger partial charge in [-0.05, 0) is 23.8 Å². The van der Waals surface area contributed by atoms with E-state index in [1.165, 1.54) is 12.1 Å². The van der Waals surface area contributed by atoms with E-state index >= 15 is 0 Å². The molecule has 0 saturated heterocycles. The van der Waals surface area contributed by atoms with Crippen molar-refractivity contribution in [2.75, 3.05) is 6.61 Å². The third-order valence-corrected chi connectivity index (χ3v) is 3.17. The van der Waals surface area contributed by atoms with Crippen LogP contribution in [0.4, 0.5) is 8.78 Å². The lowest BCUT2D eigenvalue weighted by atomic mass is 10.1. The summed E-state index contributed by atoms with van der Waals surface area (Å²) in [6.45, 7) is 0.939. The van der Waals surface area contributed by atoms with Gasteiger partial charge in [0.25, 0.3) is 0 Å². The zero-order chi connectivity index (χ0) is 13.2. The van der Waals surface area contributed by atoms with Crippen molar-refractivity contribution in [3.63, 3.8) is 0 Å². The molecule has 1 aliphatic rings. The van der Waals surface area contributed by atoms with Gasteiger partial charge in [-0.25, -0.2) is 8.78 Å². The molecule has 1 atom stereocenters. The van der Waals surface area contributed by atoms with E-state index in [0.29, 0.717) is 18.7 Å². The molecule has 1 aliphatic heterocycles. The fraction of sp³-hybridized carbons (Fsp3) is 0.200. The number of halogens is 2. The van der Waals surface area contributed by atoms with Crippen molar-refractivity contribution in [2.24, 2.45) is 0 Å². The van der Waals surface area contributed by atoms with Crippen molar-refractivity contribution in [2.45, 2.75) is 12.6 Å². The highest BCUT2D eigenvalue weighted by Crippen LogP contribution is 2.31. The fourth-order valence-electron chi connectivity index (χ4n) is 2.29. The standard InChI is InChI=1S/C15H13F2NO/c16-11-5-10(6-12(17)7-11)8-18-14-9-19-15-4-2-1-3-13(14)15/h1-7,14,18H,8-9H2. The van der Waals surface area contributed by atoms with Crippen molar-refractivity contribution in [1.82, 2.24) is 5.32 Å². The second-order valence-electron chi connectivity index (χ2n) is 4.56. The van der Waals surface area contributed by atoms with Crippen LogP contribution >= 0.6 is 0 Å². The van der Waals surface area contributed by atoms with Crippen LogP contribution in [0.15, 0.2) is 42.5 Å². The van der Waals surface area contributed by atoms with Gasteiger partial charge in [-0.15, -0.1) is 0 Å². The maximum atomic E-state index is 13.1. The van der Waals surface area contributed by atoms with E-state index in [9.17, 15) is 8.78 Å². The van der Waals surface area contributed by atoms with E-state index in [1.807, 2.05) is 24.3 Å². The van der Waals surface area contributed by atoms with Gasteiger partial charge in [0.05, 0.1) is 6.04 Å². The van der Waals surface area contributed by atoms with Gasteiger partial charge < -0.3 is 10.1 Å². The average molecular weight is 261 g/mol. The molecule has 3 rings (SSSR count). The molecule has 2 aromatic rings. The second kappa shape index (κ2) is 4.97. The highest BCUT2D eigenvalue weighted by Gasteiger charge is 2.22. The summed E-state index contributed by atoms with van der Waals surface area (Å²) in [4.78, 5) is 0. The molecule has 0 bridgehead atoms. The maximum absolute atomic E-state index is 13.1. The van der Waals surface area contributed by atoms with Crippen LogP contribution < -0.4 is 10.1 Å². The van der Waals surface area contributed by atoms with E-state index < -0.39 is 11.6 Å². The van der Waals surface area contributed by atoms with Crippen molar-refractivity contribution in [3.8, 4) is 5.75 Å². The fourth-order valence-corrected chi connectivity index (χ4v) is 2.29. The van der Waals surface area contributed by atoms with Gasteiger partial charge >= 0.3 is 0 Å². The summed E-state index contributed by atoms with van der Waals surface area (Å²) < 4.78 is 31.7. The number of ether oxygens (including phenoxy) is 1. The Morgan fingerprint density at radius 3 is 2.63 bits per heavy atom. The zero-order valence-electron chi connectivity index (χ0n) is 10.2. The van der Waals surface area contributed by atoms with E-state index in [2.05, 4.69) is 5.32 Å². The van der Waals surface area contributed by atoms with Gasteiger partial charge in [0.15, 0.2) is 0 Å². The Kier molecular flexibility index (Phi) is 3.17. The van der Waals surface area contributed by atoms with Crippen molar-refractivity contribution in [1.29, 1.82) is 0 Å². The van der Waals surface area contributed by atoms with Crippen LogP contribution in [-0.2, 0) is 6.54 Å². The van der Waals surface area contributed by atoms with Gasteiger partial charge in [-0.3, -0.25) is 0 Å². The molecule has 2 nitrogen and oxygen atoms in total. The van der Waals surface area contributed by atoms with E-state index in [0.717, 1.165) is 17.4 Å². The minimum absolute atomic E-state index is 0.0579. The highest BCUT2D eigenvalue weighted by molar-refractivity contribution is 5.39. The summed E-state index contributed by atoms with van der Waals surface area (Å²) in [6.07, 6.45) is 0. The topological polar surface area (TPSA) is 21.3 Å². The van der Waals surface area contributed by atoms with Gasteiger partial charge in [-0.2, -0.15) is 0 Å². The Morgan fingerprint density at radius 2 is 1.84 bits per heavy atom. The molecule has 2 aromatic carbocycles. The van der Waals surface area contributed by atoms with Crippen LogP contribution in [-0.4, -0.2) is 6.61 Å². The molecular formula is C15H13F2NO. The second-order valence-corrected chi connectivity index (χ2v) is 4.56. The Bertz CT molecular complexity index is 580. The molecule has 0 aliphatic carbocycles. The predicted molar refractivity (Wildman–Crippen MR) is 67.9 cm³/mol. The summed E-state index contributed by atoms with van der Waals surface area (Å²) >= 11 is 0. The van der Waals surface area contributed by atoms with Crippen LogP contribution in [0, 0.1) is 11.6 Å². The van der Waals surface area contributed by atoms with Crippen LogP contribution in [0.1, 0.15) is 17.2 Å². The zero-order valence-corrected chi connectivity index (χ0v) is 10.2. The smallest absolute Gasteiger partial charge is 0.126 e. The molecular weight excluding hydrogens is 248 g/mol. The Morgan fingerprint density at radius 1 is 1.11 bits per heavy atom. The third-order valence-electron chi connectivity index (χ3n) is 3.17. The molecule has 98 valence electrons.